The number of aliphatic carboxylic acids is 1. The molecule has 0 radical (unpaired) electrons. The zero-order valence-corrected chi connectivity index (χ0v) is 13.1. The van der Waals surface area contributed by atoms with Crippen molar-refractivity contribution in [3.63, 3.8) is 0 Å². The van der Waals surface area contributed by atoms with E-state index in [2.05, 4.69) is 26.6 Å². The number of hydrogen-bond acceptors (Lipinski definition) is 2. The molecule has 2 amide bonds. The van der Waals surface area contributed by atoms with Gasteiger partial charge in [0, 0.05) is 4.47 Å². The number of carboxylic acids is 1. The van der Waals surface area contributed by atoms with Crippen molar-refractivity contribution in [3.05, 3.63) is 34.3 Å². The number of carboxylic acid groups (broad SMARTS) is 1. The molecular weight excluding hydrogens is 324 g/mol. The van der Waals surface area contributed by atoms with Gasteiger partial charge in [0.05, 0.1) is 6.04 Å². The highest BCUT2D eigenvalue weighted by atomic mass is 79.9. The van der Waals surface area contributed by atoms with Crippen molar-refractivity contribution in [3.8, 4) is 0 Å². The predicted molar refractivity (Wildman–Crippen MR) is 80.6 cm³/mol. The maximum atomic E-state index is 11.8. The molecule has 1 aromatic carbocycles. The number of amides is 2. The SMILES string of the molecule is CCC[C@@H](NC(=O)NC(C)c1cccc(Br)c1)C(=O)O. The molecule has 0 aliphatic rings. The number of hydrogen-bond donors (Lipinski definition) is 3. The van der Waals surface area contributed by atoms with Gasteiger partial charge in [-0.1, -0.05) is 41.4 Å². The Morgan fingerprint density at radius 1 is 1.35 bits per heavy atom. The summed E-state index contributed by atoms with van der Waals surface area (Å²) in [4.78, 5) is 22.8. The van der Waals surface area contributed by atoms with E-state index >= 15 is 0 Å². The zero-order chi connectivity index (χ0) is 15.1. The second-order valence-electron chi connectivity index (χ2n) is 4.57. The lowest BCUT2D eigenvalue weighted by Gasteiger charge is -2.18. The Balaban J connectivity index is 2.59. The smallest absolute Gasteiger partial charge is 0.326 e. The fraction of sp³-hybridized carbons (Fsp3) is 0.429. The summed E-state index contributed by atoms with van der Waals surface area (Å²) in [7, 11) is 0. The molecule has 1 aromatic rings. The quantitative estimate of drug-likeness (QED) is 0.743. The Labute approximate surface area is 126 Å². The minimum absolute atomic E-state index is 0.205. The minimum Gasteiger partial charge on any atom is -0.480 e. The van der Waals surface area contributed by atoms with Gasteiger partial charge in [0.1, 0.15) is 6.04 Å². The van der Waals surface area contributed by atoms with Gasteiger partial charge in [-0.2, -0.15) is 0 Å². The predicted octanol–water partition coefficient (Wildman–Crippen LogP) is 3.06. The fourth-order valence-corrected chi connectivity index (χ4v) is 2.22. The number of carbonyl (C=O) groups excluding carboxylic acids is 1. The lowest BCUT2D eigenvalue weighted by molar-refractivity contribution is -0.139. The van der Waals surface area contributed by atoms with Crippen LogP contribution in [-0.4, -0.2) is 23.1 Å². The van der Waals surface area contributed by atoms with Crippen LogP contribution in [0.15, 0.2) is 28.7 Å². The molecule has 0 fully saturated rings. The van der Waals surface area contributed by atoms with Gasteiger partial charge in [-0.3, -0.25) is 0 Å². The second kappa shape index (κ2) is 7.89. The topological polar surface area (TPSA) is 78.4 Å². The van der Waals surface area contributed by atoms with Crippen LogP contribution in [-0.2, 0) is 4.79 Å². The average Bonchev–Trinajstić information content (AvgIpc) is 2.38. The highest BCUT2D eigenvalue weighted by Crippen LogP contribution is 2.17. The maximum absolute atomic E-state index is 11.8. The highest BCUT2D eigenvalue weighted by molar-refractivity contribution is 9.10. The van der Waals surface area contributed by atoms with E-state index in [0.29, 0.717) is 12.8 Å². The molecule has 0 aromatic heterocycles. The van der Waals surface area contributed by atoms with Crippen LogP contribution in [0, 0.1) is 0 Å². The Morgan fingerprint density at radius 2 is 2.05 bits per heavy atom. The molecule has 3 N–H and O–H groups in total. The number of halogens is 1. The van der Waals surface area contributed by atoms with E-state index in [1.165, 1.54) is 0 Å². The Kier molecular flexibility index (Phi) is 6.51. The van der Waals surface area contributed by atoms with Crippen LogP contribution in [0.3, 0.4) is 0 Å². The molecule has 0 bridgehead atoms. The van der Waals surface area contributed by atoms with Gasteiger partial charge in [0.2, 0.25) is 0 Å². The van der Waals surface area contributed by atoms with E-state index in [4.69, 9.17) is 5.11 Å². The summed E-state index contributed by atoms with van der Waals surface area (Å²) in [5, 5.41) is 14.2. The molecule has 0 aliphatic carbocycles. The molecule has 0 saturated carbocycles. The summed E-state index contributed by atoms with van der Waals surface area (Å²) in [6.07, 6.45) is 1.10. The van der Waals surface area contributed by atoms with E-state index in [9.17, 15) is 9.59 Å². The summed E-state index contributed by atoms with van der Waals surface area (Å²) in [5.74, 6) is -1.02. The summed E-state index contributed by atoms with van der Waals surface area (Å²) in [6.45, 7) is 3.72. The van der Waals surface area contributed by atoms with Crippen molar-refractivity contribution < 1.29 is 14.7 Å². The van der Waals surface area contributed by atoms with Gasteiger partial charge < -0.3 is 15.7 Å². The van der Waals surface area contributed by atoms with Crippen molar-refractivity contribution in [2.24, 2.45) is 0 Å². The van der Waals surface area contributed by atoms with Crippen LogP contribution >= 0.6 is 15.9 Å². The highest BCUT2D eigenvalue weighted by Gasteiger charge is 2.19. The number of rotatable bonds is 6. The standard InChI is InChI=1S/C14H19BrN2O3/c1-3-5-12(13(18)19)17-14(20)16-9(2)10-6-4-7-11(15)8-10/h4,6-9,12H,3,5H2,1-2H3,(H,18,19)(H2,16,17,20)/t9?,12-/m1/s1. The zero-order valence-electron chi connectivity index (χ0n) is 11.5. The third kappa shape index (κ3) is 5.21. The van der Waals surface area contributed by atoms with E-state index < -0.39 is 18.0 Å². The molecule has 110 valence electrons. The van der Waals surface area contributed by atoms with Crippen LogP contribution < -0.4 is 10.6 Å². The van der Waals surface area contributed by atoms with Gasteiger partial charge in [-0.25, -0.2) is 9.59 Å². The van der Waals surface area contributed by atoms with Gasteiger partial charge in [-0.15, -0.1) is 0 Å². The first-order valence-corrected chi connectivity index (χ1v) is 7.28. The first kappa shape index (κ1) is 16.5. The average molecular weight is 343 g/mol. The Morgan fingerprint density at radius 3 is 2.60 bits per heavy atom. The largest absolute Gasteiger partial charge is 0.480 e. The lowest BCUT2D eigenvalue weighted by atomic mass is 10.1. The van der Waals surface area contributed by atoms with Crippen LogP contribution in [0.5, 0.6) is 0 Å². The van der Waals surface area contributed by atoms with Crippen LogP contribution in [0.1, 0.15) is 38.3 Å². The normalized spacial score (nSPS) is 13.3. The van der Waals surface area contributed by atoms with E-state index in [-0.39, 0.29) is 6.04 Å². The molecule has 2 atom stereocenters. The van der Waals surface area contributed by atoms with Crippen molar-refractivity contribution >= 4 is 27.9 Å². The molecular formula is C14H19BrN2O3. The number of carbonyl (C=O) groups is 2. The molecule has 5 nitrogen and oxygen atoms in total. The summed E-state index contributed by atoms with van der Waals surface area (Å²) < 4.78 is 0.929. The molecule has 1 rings (SSSR count). The monoisotopic (exact) mass is 342 g/mol. The van der Waals surface area contributed by atoms with Crippen LogP contribution in [0.4, 0.5) is 4.79 Å². The molecule has 0 aliphatic heterocycles. The summed E-state index contributed by atoms with van der Waals surface area (Å²) in [6, 6.07) is 6.06. The number of urea groups is 1. The molecule has 20 heavy (non-hydrogen) atoms. The van der Waals surface area contributed by atoms with Crippen molar-refractivity contribution in [1.82, 2.24) is 10.6 Å². The number of benzene rings is 1. The molecule has 0 saturated heterocycles. The summed E-state index contributed by atoms with van der Waals surface area (Å²) >= 11 is 3.37. The van der Waals surface area contributed by atoms with E-state index in [0.717, 1.165) is 10.0 Å². The van der Waals surface area contributed by atoms with Gasteiger partial charge >= 0.3 is 12.0 Å². The third-order valence-electron chi connectivity index (χ3n) is 2.88. The van der Waals surface area contributed by atoms with Crippen LogP contribution in [0.25, 0.3) is 0 Å². The van der Waals surface area contributed by atoms with Gasteiger partial charge in [0.25, 0.3) is 0 Å². The Hall–Kier alpha value is -1.56. The Bertz CT molecular complexity index is 479. The van der Waals surface area contributed by atoms with Crippen molar-refractivity contribution in [2.75, 3.05) is 0 Å². The molecule has 0 spiro atoms. The van der Waals surface area contributed by atoms with Gasteiger partial charge in [-0.05, 0) is 31.0 Å². The minimum atomic E-state index is -1.02. The first-order valence-electron chi connectivity index (χ1n) is 6.49. The maximum Gasteiger partial charge on any atom is 0.326 e. The van der Waals surface area contributed by atoms with Gasteiger partial charge in [0.15, 0.2) is 0 Å². The van der Waals surface area contributed by atoms with Crippen molar-refractivity contribution in [2.45, 2.75) is 38.8 Å². The second-order valence-corrected chi connectivity index (χ2v) is 5.49. The third-order valence-corrected chi connectivity index (χ3v) is 3.37. The van der Waals surface area contributed by atoms with Crippen LogP contribution in [0.2, 0.25) is 0 Å². The number of nitrogens with one attached hydrogen (secondary N) is 2. The first-order chi connectivity index (χ1) is 9.43. The summed E-state index contributed by atoms with van der Waals surface area (Å²) in [5.41, 5.74) is 0.942. The van der Waals surface area contributed by atoms with Crippen molar-refractivity contribution in [1.29, 1.82) is 0 Å². The molecule has 1 unspecified atom stereocenters. The lowest BCUT2D eigenvalue weighted by Crippen LogP contribution is -2.46. The van der Waals surface area contributed by atoms with E-state index in [1.54, 1.807) is 0 Å². The molecule has 0 heterocycles. The van der Waals surface area contributed by atoms with E-state index in [1.807, 2.05) is 38.1 Å². The molecule has 6 heteroatoms. The fourth-order valence-electron chi connectivity index (χ4n) is 1.80.